The van der Waals surface area contributed by atoms with Gasteiger partial charge >= 0.3 is 0 Å². The van der Waals surface area contributed by atoms with Gasteiger partial charge in [-0.2, -0.15) is 0 Å². The van der Waals surface area contributed by atoms with Crippen LogP contribution in [0.4, 0.5) is 0 Å². The van der Waals surface area contributed by atoms with E-state index >= 15 is 0 Å². The van der Waals surface area contributed by atoms with Gasteiger partial charge in [-0.1, -0.05) is 48.5 Å². The molecule has 0 atom stereocenters. The zero-order valence-corrected chi connectivity index (χ0v) is 14.5. The van der Waals surface area contributed by atoms with Crippen molar-refractivity contribution in [3.63, 3.8) is 0 Å². The van der Waals surface area contributed by atoms with Gasteiger partial charge in [-0.3, -0.25) is 14.2 Å². The second-order valence-corrected chi connectivity index (χ2v) is 6.08. The van der Waals surface area contributed by atoms with E-state index < -0.39 is 0 Å². The standard InChI is InChI=1S/C21H17N3O3/c25-20-13-17(15-6-2-1-3-7-15)23-14-24(20)11-10-22-21(26)19-12-16-8-4-5-9-18(16)27-19/h1-9,12-14H,10-11H2,(H,22,26). The van der Waals surface area contributed by atoms with Gasteiger partial charge in [-0.05, 0) is 12.1 Å². The Morgan fingerprint density at radius 2 is 1.81 bits per heavy atom. The van der Waals surface area contributed by atoms with E-state index in [2.05, 4.69) is 10.3 Å². The maximum atomic E-state index is 12.3. The number of para-hydroxylation sites is 1. The topological polar surface area (TPSA) is 77.1 Å². The molecule has 6 heteroatoms. The van der Waals surface area contributed by atoms with Crippen molar-refractivity contribution in [3.8, 4) is 11.3 Å². The van der Waals surface area contributed by atoms with Gasteiger partial charge < -0.3 is 9.73 Å². The molecule has 1 N–H and O–H groups in total. The Bertz CT molecular complexity index is 1110. The molecule has 0 unspecified atom stereocenters. The summed E-state index contributed by atoms with van der Waals surface area (Å²) in [7, 11) is 0. The van der Waals surface area contributed by atoms with Crippen molar-refractivity contribution >= 4 is 16.9 Å². The molecule has 2 aromatic heterocycles. The zero-order chi connectivity index (χ0) is 18.6. The van der Waals surface area contributed by atoms with Crippen LogP contribution in [0.25, 0.3) is 22.2 Å². The average molecular weight is 359 g/mol. The van der Waals surface area contributed by atoms with Crippen LogP contribution < -0.4 is 10.9 Å². The van der Waals surface area contributed by atoms with E-state index in [-0.39, 0.29) is 17.2 Å². The normalized spacial score (nSPS) is 10.8. The van der Waals surface area contributed by atoms with Crippen LogP contribution in [0.3, 0.4) is 0 Å². The summed E-state index contributed by atoms with van der Waals surface area (Å²) in [5.41, 5.74) is 2.02. The lowest BCUT2D eigenvalue weighted by Gasteiger charge is -2.07. The smallest absolute Gasteiger partial charge is 0.287 e. The second kappa shape index (κ2) is 7.29. The Morgan fingerprint density at radius 3 is 2.59 bits per heavy atom. The molecule has 2 aromatic carbocycles. The minimum Gasteiger partial charge on any atom is -0.451 e. The van der Waals surface area contributed by atoms with Crippen molar-refractivity contribution in [2.75, 3.05) is 6.54 Å². The van der Waals surface area contributed by atoms with Crippen LogP contribution in [0.2, 0.25) is 0 Å². The van der Waals surface area contributed by atoms with Gasteiger partial charge in [0.15, 0.2) is 5.76 Å². The molecule has 1 amide bonds. The van der Waals surface area contributed by atoms with Crippen molar-refractivity contribution < 1.29 is 9.21 Å². The molecule has 4 aromatic rings. The summed E-state index contributed by atoms with van der Waals surface area (Å²) in [5.74, 6) is -0.0609. The SMILES string of the molecule is O=C(NCCn1cnc(-c2ccccc2)cc1=O)c1cc2ccccc2o1. The number of nitrogens with zero attached hydrogens (tertiary/aromatic N) is 2. The molecule has 6 nitrogen and oxygen atoms in total. The van der Waals surface area contributed by atoms with Crippen LogP contribution in [-0.4, -0.2) is 22.0 Å². The summed E-state index contributed by atoms with van der Waals surface area (Å²) in [6.07, 6.45) is 1.50. The lowest BCUT2D eigenvalue weighted by molar-refractivity contribution is 0.0926. The highest BCUT2D eigenvalue weighted by atomic mass is 16.3. The van der Waals surface area contributed by atoms with E-state index in [1.54, 1.807) is 6.07 Å². The van der Waals surface area contributed by atoms with E-state index in [1.165, 1.54) is 17.0 Å². The summed E-state index contributed by atoms with van der Waals surface area (Å²) in [5, 5.41) is 3.64. The number of hydrogen-bond donors (Lipinski definition) is 1. The number of amides is 1. The van der Waals surface area contributed by atoms with E-state index in [0.717, 1.165) is 10.9 Å². The third-order valence-corrected chi connectivity index (χ3v) is 4.24. The average Bonchev–Trinajstić information content (AvgIpc) is 3.14. The fourth-order valence-electron chi connectivity index (χ4n) is 2.83. The van der Waals surface area contributed by atoms with Gasteiger partial charge in [0, 0.05) is 30.1 Å². The number of benzene rings is 2. The van der Waals surface area contributed by atoms with E-state index in [0.29, 0.717) is 24.4 Å². The second-order valence-electron chi connectivity index (χ2n) is 6.08. The molecule has 134 valence electrons. The molecular weight excluding hydrogens is 342 g/mol. The summed E-state index contributed by atoms with van der Waals surface area (Å²) in [4.78, 5) is 28.8. The first kappa shape index (κ1) is 16.8. The van der Waals surface area contributed by atoms with Gasteiger partial charge in [-0.15, -0.1) is 0 Å². The van der Waals surface area contributed by atoms with Gasteiger partial charge in [-0.25, -0.2) is 4.98 Å². The quantitative estimate of drug-likeness (QED) is 0.594. The predicted octanol–water partition coefficient (Wildman–Crippen LogP) is 3.09. The first-order valence-electron chi connectivity index (χ1n) is 8.59. The van der Waals surface area contributed by atoms with Gasteiger partial charge in [0.1, 0.15) is 5.58 Å². The number of carbonyl (C=O) groups excluding carboxylic acids is 1. The van der Waals surface area contributed by atoms with Crippen LogP contribution >= 0.6 is 0 Å². The zero-order valence-electron chi connectivity index (χ0n) is 14.5. The Labute approximate surface area is 155 Å². The summed E-state index contributed by atoms with van der Waals surface area (Å²) in [6.45, 7) is 0.620. The number of carbonyl (C=O) groups is 1. The van der Waals surface area contributed by atoms with E-state index in [9.17, 15) is 9.59 Å². The van der Waals surface area contributed by atoms with Crippen LogP contribution in [-0.2, 0) is 6.54 Å². The molecule has 0 aliphatic heterocycles. The number of furan rings is 1. The van der Waals surface area contributed by atoms with Gasteiger partial charge in [0.2, 0.25) is 0 Å². The number of hydrogen-bond acceptors (Lipinski definition) is 4. The molecular formula is C21H17N3O3. The third-order valence-electron chi connectivity index (χ3n) is 4.24. The van der Waals surface area contributed by atoms with E-state index in [1.807, 2.05) is 54.6 Å². The first-order valence-corrected chi connectivity index (χ1v) is 8.59. The summed E-state index contributed by atoms with van der Waals surface area (Å²) < 4.78 is 6.99. The Morgan fingerprint density at radius 1 is 1.04 bits per heavy atom. The van der Waals surface area contributed by atoms with Crippen molar-refractivity contribution in [1.82, 2.24) is 14.9 Å². The molecule has 0 fully saturated rings. The molecule has 0 saturated carbocycles. The third kappa shape index (κ3) is 3.64. The predicted molar refractivity (Wildman–Crippen MR) is 102 cm³/mol. The maximum absolute atomic E-state index is 12.3. The largest absolute Gasteiger partial charge is 0.451 e. The van der Waals surface area contributed by atoms with Crippen molar-refractivity contribution in [1.29, 1.82) is 0 Å². The molecule has 0 saturated heterocycles. The molecule has 4 rings (SSSR count). The Hall–Kier alpha value is -3.67. The van der Waals surface area contributed by atoms with Gasteiger partial charge in [0.25, 0.3) is 11.5 Å². The summed E-state index contributed by atoms with van der Waals surface area (Å²) >= 11 is 0. The highest BCUT2D eigenvalue weighted by Gasteiger charge is 2.11. The van der Waals surface area contributed by atoms with Crippen LogP contribution in [0.5, 0.6) is 0 Å². The van der Waals surface area contributed by atoms with Crippen LogP contribution in [0, 0.1) is 0 Å². The number of fused-ring (bicyclic) bond motifs is 1. The van der Waals surface area contributed by atoms with Crippen molar-refractivity contribution in [2.24, 2.45) is 0 Å². The number of nitrogens with one attached hydrogen (secondary N) is 1. The maximum Gasteiger partial charge on any atom is 0.287 e. The molecule has 2 heterocycles. The lowest BCUT2D eigenvalue weighted by atomic mass is 10.1. The molecule has 0 aliphatic rings. The minimum absolute atomic E-state index is 0.165. The number of aromatic nitrogens is 2. The van der Waals surface area contributed by atoms with Crippen molar-refractivity contribution in [3.05, 3.63) is 89.2 Å². The molecule has 0 spiro atoms. The molecule has 0 radical (unpaired) electrons. The molecule has 27 heavy (non-hydrogen) atoms. The van der Waals surface area contributed by atoms with Crippen LogP contribution in [0.15, 0.2) is 82.3 Å². The monoisotopic (exact) mass is 359 g/mol. The lowest BCUT2D eigenvalue weighted by Crippen LogP contribution is -2.30. The fourth-order valence-corrected chi connectivity index (χ4v) is 2.83. The molecule has 0 aliphatic carbocycles. The van der Waals surface area contributed by atoms with Crippen LogP contribution in [0.1, 0.15) is 10.6 Å². The van der Waals surface area contributed by atoms with Gasteiger partial charge in [0.05, 0.1) is 12.0 Å². The first-order chi connectivity index (χ1) is 13.2. The van der Waals surface area contributed by atoms with Crippen molar-refractivity contribution in [2.45, 2.75) is 6.54 Å². The summed E-state index contributed by atoms with van der Waals surface area (Å²) in [6, 6.07) is 20.1. The highest BCUT2D eigenvalue weighted by Crippen LogP contribution is 2.18. The Kier molecular flexibility index (Phi) is 4.53. The molecule has 0 bridgehead atoms. The minimum atomic E-state index is -0.312. The fraction of sp³-hybridized carbons (Fsp3) is 0.0952. The highest BCUT2D eigenvalue weighted by molar-refractivity contribution is 5.96. The number of rotatable bonds is 5. The Balaban J connectivity index is 1.40. The van der Waals surface area contributed by atoms with E-state index in [4.69, 9.17) is 4.42 Å².